The number of nitrogens with two attached hydrogens (primary N) is 1. The topological polar surface area (TPSA) is 80.5 Å². The largest absolute Gasteiger partial charge is 0.366 e. The summed E-state index contributed by atoms with van der Waals surface area (Å²) in [5.74, 6) is -0.708. The van der Waals surface area contributed by atoms with Crippen molar-refractivity contribution in [2.75, 3.05) is 0 Å². The Morgan fingerprint density at radius 2 is 1.42 bits per heavy atom. The minimum atomic E-state index is -4.13. The molecule has 1 aliphatic heterocycles. The van der Waals surface area contributed by atoms with Gasteiger partial charge in [-0.2, -0.15) is 4.31 Å². The lowest BCUT2D eigenvalue weighted by Crippen LogP contribution is -2.43. The number of halogens is 3. The number of benzene rings is 3. The Hall–Kier alpha value is -2.35. The summed E-state index contributed by atoms with van der Waals surface area (Å²) >= 11 is 18.4. The maximum atomic E-state index is 14.0. The van der Waals surface area contributed by atoms with E-state index in [9.17, 15) is 13.2 Å². The molecular formula is C24H19Cl3N2O3S. The van der Waals surface area contributed by atoms with Gasteiger partial charge in [-0.15, -0.1) is 0 Å². The molecule has 5 nitrogen and oxygen atoms in total. The molecule has 0 saturated heterocycles. The van der Waals surface area contributed by atoms with Gasteiger partial charge in [0.25, 0.3) is 0 Å². The molecular weight excluding hydrogens is 503 g/mol. The molecule has 2 atom stereocenters. The molecule has 170 valence electrons. The Labute approximate surface area is 207 Å². The molecule has 0 bridgehead atoms. The second-order valence-corrected chi connectivity index (χ2v) is 10.7. The fourth-order valence-electron chi connectivity index (χ4n) is 4.04. The van der Waals surface area contributed by atoms with Crippen LogP contribution >= 0.6 is 34.8 Å². The lowest BCUT2D eigenvalue weighted by atomic mass is 9.89. The lowest BCUT2D eigenvalue weighted by Gasteiger charge is -2.41. The molecule has 0 fully saturated rings. The molecule has 3 aromatic rings. The predicted octanol–water partition coefficient (Wildman–Crippen LogP) is 5.94. The molecule has 1 amide bonds. The summed E-state index contributed by atoms with van der Waals surface area (Å²) in [6, 6.07) is 18.0. The molecule has 2 unspecified atom stereocenters. The van der Waals surface area contributed by atoms with E-state index in [-0.39, 0.29) is 16.9 Å². The SMILES string of the molecule is NC(=O)C1=CCC(c2cccc(Cl)c2)N(S(=O)(=O)c2ccc(Cl)cc2)C1c1cccc(Cl)c1. The lowest BCUT2D eigenvalue weighted by molar-refractivity contribution is -0.115. The first-order valence-electron chi connectivity index (χ1n) is 9.98. The summed E-state index contributed by atoms with van der Waals surface area (Å²) in [4.78, 5) is 12.5. The van der Waals surface area contributed by atoms with Gasteiger partial charge in [-0.25, -0.2) is 8.42 Å². The normalized spacial score (nSPS) is 19.2. The second-order valence-electron chi connectivity index (χ2n) is 7.58. The molecule has 3 aromatic carbocycles. The highest BCUT2D eigenvalue weighted by Crippen LogP contribution is 2.46. The Kier molecular flexibility index (Phi) is 6.84. The number of carbonyl (C=O) groups excluding carboxylic acids is 1. The van der Waals surface area contributed by atoms with Crippen molar-refractivity contribution in [3.05, 3.63) is 111 Å². The summed E-state index contributed by atoms with van der Waals surface area (Å²) in [7, 11) is -4.13. The van der Waals surface area contributed by atoms with Gasteiger partial charge in [0.1, 0.15) is 0 Å². The van der Waals surface area contributed by atoms with Gasteiger partial charge < -0.3 is 5.73 Å². The number of amides is 1. The summed E-state index contributed by atoms with van der Waals surface area (Å²) in [6.45, 7) is 0. The number of sulfonamides is 1. The zero-order valence-corrected chi connectivity index (χ0v) is 20.2. The number of nitrogens with zero attached hydrogens (tertiary/aromatic N) is 1. The van der Waals surface area contributed by atoms with Gasteiger partial charge in [0.2, 0.25) is 15.9 Å². The molecule has 0 saturated carbocycles. The van der Waals surface area contributed by atoms with Crippen molar-refractivity contribution in [3.8, 4) is 0 Å². The van der Waals surface area contributed by atoms with Crippen LogP contribution in [-0.4, -0.2) is 18.6 Å². The Morgan fingerprint density at radius 1 is 0.848 bits per heavy atom. The first-order chi connectivity index (χ1) is 15.7. The summed E-state index contributed by atoms with van der Waals surface area (Å²) in [6.07, 6.45) is 1.93. The highest BCUT2D eigenvalue weighted by molar-refractivity contribution is 7.89. The third-order valence-electron chi connectivity index (χ3n) is 5.49. The van der Waals surface area contributed by atoms with Crippen LogP contribution in [0.1, 0.15) is 29.6 Å². The average Bonchev–Trinajstić information content (AvgIpc) is 2.78. The first kappa shape index (κ1) is 23.8. The van der Waals surface area contributed by atoms with Crippen LogP contribution in [0.3, 0.4) is 0 Å². The van der Waals surface area contributed by atoms with Gasteiger partial charge in [0.15, 0.2) is 0 Å². The van der Waals surface area contributed by atoms with Crippen LogP contribution in [-0.2, 0) is 14.8 Å². The van der Waals surface area contributed by atoms with Crippen LogP contribution in [0.4, 0.5) is 0 Å². The average molecular weight is 522 g/mol. The summed E-state index contributed by atoms with van der Waals surface area (Å²) < 4.78 is 29.4. The number of hydrogen-bond donors (Lipinski definition) is 1. The van der Waals surface area contributed by atoms with E-state index in [0.29, 0.717) is 26.2 Å². The second kappa shape index (κ2) is 9.49. The van der Waals surface area contributed by atoms with Crippen molar-refractivity contribution in [2.24, 2.45) is 5.73 Å². The van der Waals surface area contributed by atoms with Gasteiger partial charge in [0.05, 0.1) is 17.0 Å². The van der Waals surface area contributed by atoms with Crippen molar-refractivity contribution in [1.82, 2.24) is 4.31 Å². The first-order valence-corrected chi connectivity index (χ1v) is 12.6. The number of rotatable bonds is 5. The van der Waals surface area contributed by atoms with Crippen molar-refractivity contribution in [2.45, 2.75) is 23.4 Å². The van der Waals surface area contributed by atoms with Crippen LogP contribution in [0.25, 0.3) is 0 Å². The Balaban J connectivity index is 1.98. The van der Waals surface area contributed by atoms with E-state index in [4.69, 9.17) is 40.5 Å². The van der Waals surface area contributed by atoms with Gasteiger partial charge in [-0.05, 0) is 66.1 Å². The van der Waals surface area contributed by atoms with Gasteiger partial charge in [0, 0.05) is 20.6 Å². The van der Waals surface area contributed by atoms with E-state index in [1.807, 2.05) is 0 Å². The zero-order chi connectivity index (χ0) is 23.8. The van der Waals surface area contributed by atoms with Crippen LogP contribution in [0, 0.1) is 0 Å². The molecule has 0 aromatic heterocycles. The smallest absolute Gasteiger partial charge is 0.246 e. The fraction of sp³-hybridized carbons (Fsp3) is 0.125. The molecule has 0 spiro atoms. The van der Waals surface area contributed by atoms with Crippen LogP contribution < -0.4 is 5.73 Å². The molecule has 4 rings (SSSR count). The maximum Gasteiger partial charge on any atom is 0.246 e. The highest BCUT2D eigenvalue weighted by Gasteiger charge is 2.44. The standard InChI is InChI=1S/C24H19Cl3N2O3S/c25-17-7-9-20(10-8-17)33(31,32)29-22(15-3-1-5-18(26)13-15)12-11-21(24(28)30)23(29)16-4-2-6-19(27)14-16/h1-11,13-14,22-23H,12H2,(H2,28,30). The minimum Gasteiger partial charge on any atom is -0.366 e. The third-order valence-corrected chi connectivity index (χ3v) is 8.10. The van der Waals surface area contributed by atoms with Crippen LogP contribution in [0.15, 0.2) is 89.3 Å². The minimum absolute atomic E-state index is 0.0386. The van der Waals surface area contributed by atoms with Crippen molar-refractivity contribution < 1.29 is 13.2 Å². The molecule has 1 heterocycles. The van der Waals surface area contributed by atoms with Crippen molar-refractivity contribution in [3.63, 3.8) is 0 Å². The number of carbonyl (C=O) groups is 1. The van der Waals surface area contributed by atoms with E-state index in [2.05, 4.69) is 0 Å². The number of primary amides is 1. The van der Waals surface area contributed by atoms with E-state index in [1.54, 1.807) is 54.6 Å². The van der Waals surface area contributed by atoms with Crippen LogP contribution in [0.5, 0.6) is 0 Å². The summed E-state index contributed by atoms with van der Waals surface area (Å²) in [5, 5.41) is 1.29. The number of hydrogen-bond acceptors (Lipinski definition) is 3. The molecule has 9 heteroatoms. The summed E-state index contributed by atoms with van der Waals surface area (Å²) in [5.41, 5.74) is 7.09. The third kappa shape index (κ3) is 4.81. The van der Waals surface area contributed by atoms with E-state index >= 15 is 0 Å². The van der Waals surface area contributed by atoms with E-state index in [1.165, 1.54) is 28.6 Å². The van der Waals surface area contributed by atoms with Gasteiger partial charge in [-0.1, -0.05) is 65.1 Å². The fourth-order valence-corrected chi connectivity index (χ4v) is 6.34. The molecule has 1 aliphatic rings. The molecule has 0 radical (unpaired) electrons. The maximum absolute atomic E-state index is 14.0. The van der Waals surface area contributed by atoms with Gasteiger partial charge in [-0.3, -0.25) is 4.79 Å². The Bertz CT molecular complexity index is 1340. The van der Waals surface area contributed by atoms with E-state index in [0.717, 1.165) is 0 Å². The Morgan fingerprint density at radius 3 is 2.00 bits per heavy atom. The van der Waals surface area contributed by atoms with Crippen molar-refractivity contribution in [1.29, 1.82) is 0 Å². The predicted molar refractivity (Wildman–Crippen MR) is 131 cm³/mol. The quantitative estimate of drug-likeness (QED) is 0.451. The molecule has 33 heavy (non-hydrogen) atoms. The monoisotopic (exact) mass is 520 g/mol. The van der Waals surface area contributed by atoms with Crippen molar-refractivity contribution >= 4 is 50.7 Å². The van der Waals surface area contributed by atoms with Gasteiger partial charge >= 0.3 is 0 Å². The van der Waals surface area contributed by atoms with Crippen LogP contribution in [0.2, 0.25) is 15.1 Å². The molecule has 0 aliphatic carbocycles. The zero-order valence-electron chi connectivity index (χ0n) is 17.2. The van der Waals surface area contributed by atoms with E-state index < -0.39 is 28.0 Å². The highest BCUT2D eigenvalue weighted by atomic mass is 35.5. The molecule has 2 N–H and O–H groups in total.